The van der Waals surface area contributed by atoms with E-state index in [0.29, 0.717) is 23.7 Å². The lowest BCUT2D eigenvalue weighted by molar-refractivity contribution is -0.140. The van der Waals surface area contributed by atoms with E-state index in [1.54, 1.807) is 6.07 Å². The van der Waals surface area contributed by atoms with E-state index in [1.165, 1.54) is 6.21 Å². The molecule has 6 nitrogen and oxygen atoms in total. The van der Waals surface area contributed by atoms with Gasteiger partial charge in [0, 0.05) is 10.0 Å². The fourth-order valence-electron chi connectivity index (χ4n) is 4.38. The highest BCUT2D eigenvalue weighted by molar-refractivity contribution is 9.10. The average Bonchev–Trinajstić information content (AvgIpc) is 3.31. The number of rotatable bonds is 6. The van der Waals surface area contributed by atoms with E-state index in [-0.39, 0.29) is 41.6 Å². The van der Waals surface area contributed by atoms with Crippen LogP contribution in [0.1, 0.15) is 32.8 Å². The van der Waals surface area contributed by atoms with E-state index in [4.69, 9.17) is 9.47 Å². The van der Waals surface area contributed by atoms with Gasteiger partial charge in [-0.05, 0) is 67.1 Å². The zero-order valence-corrected chi connectivity index (χ0v) is 17.7. The normalized spacial score (nSPS) is 28.1. The Labute approximate surface area is 172 Å². The number of hydrazone groups is 1. The van der Waals surface area contributed by atoms with Crippen LogP contribution in [0.5, 0.6) is 11.5 Å². The van der Waals surface area contributed by atoms with E-state index in [1.807, 2.05) is 26.8 Å². The molecule has 1 saturated carbocycles. The molecule has 3 aliphatic rings. The number of allylic oxidation sites excluding steroid dienone is 2. The van der Waals surface area contributed by atoms with Gasteiger partial charge in [0.25, 0.3) is 11.8 Å². The second-order valence-electron chi connectivity index (χ2n) is 7.65. The highest BCUT2D eigenvalue weighted by Gasteiger charge is 2.59. The summed E-state index contributed by atoms with van der Waals surface area (Å²) in [4.78, 5) is 25.5. The average molecular weight is 447 g/mol. The second kappa shape index (κ2) is 7.35. The molecule has 7 heteroatoms. The van der Waals surface area contributed by atoms with Crippen molar-refractivity contribution in [2.24, 2.45) is 28.8 Å². The Morgan fingerprint density at radius 2 is 1.82 bits per heavy atom. The van der Waals surface area contributed by atoms with Crippen molar-refractivity contribution in [2.75, 3.05) is 6.61 Å². The molecule has 28 heavy (non-hydrogen) atoms. The highest BCUT2D eigenvalue weighted by atomic mass is 79.9. The molecule has 1 heterocycles. The van der Waals surface area contributed by atoms with Crippen molar-refractivity contribution < 1.29 is 19.1 Å². The number of carbonyl (C=O) groups excluding carboxylic acids is 2. The van der Waals surface area contributed by atoms with Gasteiger partial charge in [0.15, 0.2) is 11.5 Å². The molecule has 0 N–H and O–H groups in total. The molecule has 0 spiro atoms. The molecule has 4 rings (SSSR count). The summed E-state index contributed by atoms with van der Waals surface area (Å²) in [6.45, 7) is 6.29. The van der Waals surface area contributed by atoms with Crippen LogP contribution in [0.2, 0.25) is 0 Å². The molecule has 2 fully saturated rings. The number of ether oxygens (including phenoxy) is 2. The van der Waals surface area contributed by atoms with Crippen LogP contribution < -0.4 is 9.47 Å². The molecular weight excluding hydrogens is 424 g/mol. The number of carbonyl (C=O) groups is 2. The first-order valence-corrected chi connectivity index (χ1v) is 10.4. The molecule has 0 aromatic heterocycles. The van der Waals surface area contributed by atoms with Crippen LogP contribution in [-0.2, 0) is 9.59 Å². The smallest absolute Gasteiger partial charge is 0.254 e. The monoisotopic (exact) mass is 446 g/mol. The van der Waals surface area contributed by atoms with Crippen molar-refractivity contribution in [3.8, 4) is 11.5 Å². The van der Waals surface area contributed by atoms with Gasteiger partial charge >= 0.3 is 0 Å². The van der Waals surface area contributed by atoms with Crippen LogP contribution in [-0.4, -0.2) is 35.7 Å². The zero-order valence-electron chi connectivity index (χ0n) is 16.1. The summed E-state index contributed by atoms with van der Waals surface area (Å²) in [5.41, 5.74) is 0.707. The van der Waals surface area contributed by atoms with Gasteiger partial charge in [0.2, 0.25) is 0 Å². The van der Waals surface area contributed by atoms with Crippen molar-refractivity contribution in [2.45, 2.75) is 33.3 Å². The first-order chi connectivity index (χ1) is 13.4. The Bertz CT molecular complexity index is 849. The lowest BCUT2D eigenvalue weighted by Crippen LogP contribution is -2.28. The number of fused-ring (bicyclic) bond motifs is 5. The minimum Gasteiger partial charge on any atom is -0.490 e. The van der Waals surface area contributed by atoms with E-state index < -0.39 is 0 Å². The summed E-state index contributed by atoms with van der Waals surface area (Å²) in [5.74, 6) is 0.706. The van der Waals surface area contributed by atoms with Crippen LogP contribution in [0, 0.1) is 23.7 Å². The molecule has 1 aromatic carbocycles. The maximum absolute atomic E-state index is 12.7. The molecule has 1 aromatic rings. The summed E-state index contributed by atoms with van der Waals surface area (Å²) >= 11 is 3.51. The minimum atomic E-state index is -0.246. The van der Waals surface area contributed by atoms with E-state index in [0.717, 1.165) is 15.9 Å². The van der Waals surface area contributed by atoms with E-state index in [9.17, 15) is 9.59 Å². The molecule has 148 valence electrons. The molecule has 0 unspecified atom stereocenters. The molecule has 0 radical (unpaired) electrons. The summed E-state index contributed by atoms with van der Waals surface area (Å²) in [6, 6.07) is 3.62. The number of hydrogen-bond acceptors (Lipinski definition) is 5. The predicted molar refractivity (Wildman–Crippen MR) is 108 cm³/mol. The first kappa shape index (κ1) is 19.2. The second-order valence-corrected chi connectivity index (χ2v) is 8.51. The van der Waals surface area contributed by atoms with Crippen LogP contribution in [0.25, 0.3) is 0 Å². The standard InChI is InChI=1S/C21H23BrN2O4/c1-4-27-16-8-14(15(22)9-17(16)28-11(2)3)10-23-24-20(25)18-12-5-6-13(7-12)19(18)21(24)26/h5-6,8-13,18-19H,4,7H2,1-3H3/t12-,13-,18-,19+/m0/s1. The fraction of sp³-hybridized carbons (Fsp3) is 0.476. The Morgan fingerprint density at radius 3 is 2.39 bits per heavy atom. The zero-order chi connectivity index (χ0) is 20.0. The highest BCUT2D eigenvalue weighted by Crippen LogP contribution is 2.52. The fourth-order valence-corrected chi connectivity index (χ4v) is 4.81. The maximum Gasteiger partial charge on any atom is 0.254 e. The van der Waals surface area contributed by atoms with Crippen molar-refractivity contribution >= 4 is 34.0 Å². The third kappa shape index (κ3) is 3.15. The Morgan fingerprint density at radius 1 is 1.18 bits per heavy atom. The lowest BCUT2D eigenvalue weighted by Gasteiger charge is -2.16. The number of benzene rings is 1. The summed E-state index contributed by atoms with van der Waals surface area (Å²) in [7, 11) is 0. The third-order valence-electron chi connectivity index (χ3n) is 5.48. The molecule has 1 saturated heterocycles. The summed E-state index contributed by atoms with van der Waals surface area (Å²) in [5, 5.41) is 5.29. The minimum absolute atomic E-state index is 0.00820. The maximum atomic E-state index is 12.7. The quantitative estimate of drug-likeness (QED) is 0.378. The van der Waals surface area contributed by atoms with Gasteiger partial charge < -0.3 is 9.47 Å². The van der Waals surface area contributed by atoms with Gasteiger partial charge in [-0.1, -0.05) is 12.2 Å². The van der Waals surface area contributed by atoms with E-state index >= 15 is 0 Å². The van der Waals surface area contributed by atoms with Gasteiger partial charge in [-0.25, -0.2) is 0 Å². The predicted octanol–water partition coefficient (Wildman–Crippen LogP) is 3.78. The van der Waals surface area contributed by atoms with Gasteiger partial charge in [0.05, 0.1) is 30.8 Å². The van der Waals surface area contributed by atoms with E-state index in [2.05, 4.69) is 33.2 Å². The summed E-state index contributed by atoms with van der Waals surface area (Å²) < 4.78 is 12.2. The number of hydrogen-bond donors (Lipinski definition) is 0. The molecule has 2 bridgehead atoms. The summed E-state index contributed by atoms with van der Waals surface area (Å²) in [6.07, 6.45) is 6.59. The number of amides is 2. The van der Waals surface area contributed by atoms with Crippen molar-refractivity contribution in [3.05, 3.63) is 34.3 Å². The van der Waals surface area contributed by atoms with Crippen molar-refractivity contribution in [1.29, 1.82) is 0 Å². The van der Waals surface area contributed by atoms with Crippen LogP contribution in [0.4, 0.5) is 0 Å². The third-order valence-corrected chi connectivity index (χ3v) is 6.17. The van der Waals surface area contributed by atoms with Gasteiger partial charge in [-0.2, -0.15) is 10.1 Å². The Kier molecular flexibility index (Phi) is 5.04. The lowest BCUT2D eigenvalue weighted by atomic mass is 9.85. The number of imide groups is 1. The SMILES string of the molecule is CCOc1cc(C=NN2C(=O)[C@@H]3[C@H](C2=O)[C@H]2C=C[C@H]3C2)c(Br)cc1OC(C)C. The van der Waals surface area contributed by atoms with Crippen molar-refractivity contribution in [1.82, 2.24) is 5.01 Å². The topological polar surface area (TPSA) is 68.2 Å². The largest absolute Gasteiger partial charge is 0.490 e. The van der Waals surface area contributed by atoms with Crippen LogP contribution in [0.15, 0.2) is 33.9 Å². The van der Waals surface area contributed by atoms with Crippen LogP contribution in [0.3, 0.4) is 0 Å². The van der Waals surface area contributed by atoms with Crippen LogP contribution >= 0.6 is 15.9 Å². The molecule has 1 aliphatic heterocycles. The van der Waals surface area contributed by atoms with Crippen molar-refractivity contribution in [3.63, 3.8) is 0 Å². The van der Waals surface area contributed by atoms with Gasteiger partial charge in [-0.3, -0.25) is 9.59 Å². The molecule has 2 amide bonds. The first-order valence-electron chi connectivity index (χ1n) is 9.63. The molecule has 4 atom stereocenters. The van der Waals surface area contributed by atoms with Gasteiger partial charge in [-0.15, -0.1) is 0 Å². The molecular formula is C21H23BrN2O4. The number of halogens is 1. The Hall–Kier alpha value is -2.15. The Balaban J connectivity index is 1.59. The molecule has 2 aliphatic carbocycles. The number of nitrogens with zero attached hydrogens (tertiary/aromatic N) is 2. The van der Waals surface area contributed by atoms with Gasteiger partial charge in [0.1, 0.15) is 0 Å².